The molecule has 41 heavy (non-hydrogen) atoms. The molecule has 1 aromatic heterocycles. The van der Waals surface area contributed by atoms with Crippen molar-refractivity contribution in [1.82, 2.24) is 25.2 Å². The van der Waals surface area contributed by atoms with Gasteiger partial charge in [0.15, 0.2) is 6.61 Å². The molecule has 12 heteroatoms. The number of hydrogen-bond donors (Lipinski definition) is 2. The Morgan fingerprint density at radius 1 is 0.951 bits per heavy atom. The van der Waals surface area contributed by atoms with Crippen LogP contribution in [0.1, 0.15) is 75.2 Å². The number of aromatic nitrogens is 3. The maximum Gasteiger partial charge on any atom is 0.422 e. The minimum Gasteiger partial charge on any atom is -0.454 e. The summed E-state index contributed by atoms with van der Waals surface area (Å²) in [5.74, 6) is 0.500. The number of hydrogen-bond acceptors (Lipinski definition) is 8. The van der Waals surface area contributed by atoms with E-state index in [2.05, 4.69) is 32.2 Å². The van der Waals surface area contributed by atoms with Gasteiger partial charge in [0.05, 0.1) is 6.61 Å². The van der Waals surface area contributed by atoms with Crippen molar-refractivity contribution in [3.63, 3.8) is 0 Å². The minimum atomic E-state index is -4.50. The van der Waals surface area contributed by atoms with Gasteiger partial charge in [-0.15, -0.1) is 0 Å². The van der Waals surface area contributed by atoms with Gasteiger partial charge in [0.1, 0.15) is 5.82 Å². The fourth-order valence-electron chi connectivity index (χ4n) is 4.29. The highest BCUT2D eigenvalue weighted by Crippen LogP contribution is 2.19. The van der Waals surface area contributed by atoms with Crippen LogP contribution in [-0.4, -0.2) is 71.5 Å². The number of nitrogens with one attached hydrogen (secondary N) is 2. The molecule has 0 aliphatic carbocycles. The van der Waals surface area contributed by atoms with Crippen LogP contribution >= 0.6 is 0 Å². The van der Waals surface area contributed by atoms with E-state index in [0.29, 0.717) is 45.0 Å². The van der Waals surface area contributed by atoms with Gasteiger partial charge in [0.2, 0.25) is 5.95 Å². The molecule has 9 nitrogen and oxygen atoms in total. The molecule has 0 radical (unpaired) electrons. The molecule has 2 aliphatic heterocycles. The maximum absolute atomic E-state index is 12.7. The molecule has 3 heterocycles. The fourth-order valence-corrected chi connectivity index (χ4v) is 4.29. The molecule has 0 unspecified atom stereocenters. The zero-order chi connectivity index (χ0) is 29.5. The van der Waals surface area contributed by atoms with Gasteiger partial charge in [-0.1, -0.05) is 63.5 Å². The van der Waals surface area contributed by atoms with Crippen LogP contribution in [0.5, 0.6) is 6.01 Å². The number of alkyl halides is 3. The van der Waals surface area contributed by atoms with Crippen molar-refractivity contribution in [3.8, 4) is 6.01 Å². The minimum absolute atomic E-state index is 0.190. The third-order valence-electron chi connectivity index (χ3n) is 6.46. The lowest BCUT2D eigenvalue weighted by atomic mass is 10.1. The average molecular weight is 579 g/mol. The summed E-state index contributed by atoms with van der Waals surface area (Å²) in [5.41, 5.74) is 2.53. The van der Waals surface area contributed by atoms with Crippen LogP contribution in [0.4, 0.5) is 23.9 Å². The van der Waals surface area contributed by atoms with Gasteiger partial charge in [0.25, 0.3) is 0 Å². The number of carbonyl (C=O) groups is 1. The van der Waals surface area contributed by atoms with Crippen molar-refractivity contribution in [3.05, 3.63) is 47.8 Å². The molecule has 0 saturated carbocycles. The van der Waals surface area contributed by atoms with Crippen LogP contribution in [-0.2, 0) is 11.2 Å². The summed E-state index contributed by atoms with van der Waals surface area (Å²) < 4.78 is 48.4. The van der Waals surface area contributed by atoms with Gasteiger partial charge in [-0.2, -0.15) is 28.1 Å². The Labute approximate surface area is 239 Å². The first kappa shape index (κ1) is 32.0. The molecule has 4 bridgehead atoms. The predicted molar refractivity (Wildman–Crippen MR) is 152 cm³/mol. The van der Waals surface area contributed by atoms with Crippen molar-refractivity contribution in [2.24, 2.45) is 0 Å². The quantitative estimate of drug-likeness (QED) is 0.458. The summed E-state index contributed by atoms with van der Waals surface area (Å²) in [6.07, 6.45) is 2.90. The number of halogens is 3. The third-order valence-corrected chi connectivity index (χ3v) is 6.46. The number of carbonyl (C=O) groups excluding carboxylic acids is 1. The van der Waals surface area contributed by atoms with Crippen LogP contribution in [0.2, 0.25) is 0 Å². The van der Waals surface area contributed by atoms with Gasteiger partial charge in [-0.05, 0) is 36.8 Å². The number of nitrogens with zero attached hydrogens (tertiary/aromatic N) is 4. The first-order chi connectivity index (χ1) is 19.7. The Balaban J connectivity index is 1.69. The zero-order valence-corrected chi connectivity index (χ0v) is 23.8. The fraction of sp³-hybridized carbons (Fsp3) is 0.586. The number of amides is 1. The second-order valence-electron chi connectivity index (χ2n) is 10.0. The van der Waals surface area contributed by atoms with Crippen LogP contribution in [0, 0.1) is 0 Å². The Kier molecular flexibility index (Phi) is 13.0. The second kappa shape index (κ2) is 16.6. The van der Waals surface area contributed by atoms with E-state index in [0.717, 1.165) is 68.2 Å². The number of benzene rings is 1. The zero-order valence-electron chi connectivity index (χ0n) is 23.8. The molecule has 226 valence electrons. The number of anilines is 1. The molecule has 2 aliphatic rings. The number of rotatable bonds is 4. The Hall–Kier alpha value is -3.57. The van der Waals surface area contributed by atoms with Crippen LogP contribution < -0.4 is 15.4 Å². The summed E-state index contributed by atoms with van der Waals surface area (Å²) in [6.45, 7) is 7.54. The predicted octanol–water partition coefficient (Wildman–Crippen LogP) is 5.97. The number of ether oxygens (including phenoxy) is 2. The van der Waals surface area contributed by atoms with Crippen molar-refractivity contribution < 1.29 is 27.4 Å². The molecule has 2 N–H and O–H groups in total. The summed E-state index contributed by atoms with van der Waals surface area (Å²) in [6, 6.07) is 7.26. The summed E-state index contributed by atoms with van der Waals surface area (Å²) in [7, 11) is 0. The lowest BCUT2D eigenvalue weighted by molar-refractivity contribution is -0.154. The Morgan fingerprint density at radius 2 is 1.63 bits per heavy atom. The second-order valence-corrected chi connectivity index (χ2v) is 10.0. The number of fused-ring (bicyclic) bond motifs is 16. The molecule has 2 aromatic rings. The Bertz CT molecular complexity index is 1100. The monoisotopic (exact) mass is 578 g/mol. The van der Waals surface area contributed by atoms with Gasteiger partial charge < -0.3 is 25.0 Å². The van der Waals surface area contributed by atoms with E-state index in [-0.39, 0.29) is 18.1 Å². The normalized spacial score (nSPS) is 16.4. The average Bonchev–Trinajstić information content (AvgIpc) is 2.94. The van der Waals surface area contributed by atoms with Crippen LogP contribution in [0.15, 0.2) is 30.8 Å². The van der Waals surface area contributed by atoms with Crippen molar-refractivity contribution in [1.29, 1.82) is 0 Å². The van der Waals surface area contributed by atoms with Crippen molar-refractivity contribution in [2.45, 2.75) is 70.9 Å². The van der Waals surface area contributed by atoms with Crippen molar-refractivity contribution in [2.75, 3.05) is 44.7 Å². The highest BCUT2D eigenvalue weighted by molar-refractivity contribution is 5.67. The largest absolute Gasteiger partial charge is 0.454 e. The lowest BCUT2D eigenvalue weighted by Gasteiger charge is -2.22. The SMILES string of the molecule is C=C1NCCCN(C(=O)OCCC)CCCCCCCCNc2nc(nc(OCC(F)(F)F)n2)Cc2ccc1cc2. The lowest BCUT2D eigenvalue weighted by Crippen LogP contribution is -2.35. The summed E-state index contributed by atoms with van der Waals surface area (Å²) >= 11 is 0. The van der Waals surface area contributed by atoms with Crippen molar-refractivity contribution >= 4 is 17.7 Å². The molecule has 0 fully saturated rings. The molecule has 0 spiro atoms. The maximum atomic E-state index is 12.7. The summed E-state index contributed by atoms with van der Waals surface area (Å²) in [4.78, 5) is 26.9. The van der Waals surface area contributed by atoms with E-state index in [1.165, 1.54) is 0 Å². The highest BCUT2D eigenvalue weighted by atomic mass is 19.4. The molecule has 0 atom stereocenters. The van der Waals surface area contributed by atoms with E-state index in [1.54, 1.807) is 4.90 Å². The van der Waals surface area contributed by atoms with Gasteiger partial charge in [-0.25, -0.2) is 4.79 Å². The van der Waals surface area contributed by atoms with Gasteiger partial charge in [0, 0.05) is 38.3 Å². The smallest absolute Gasteiger partial charge is 0.422 e. The van der Waals surface area contributed by atoms with E-state index in [4.69, 9.17) is 9.47 Å². The van der Waals surface area contributed by atoms with E-state index < -0.39 is 12.8 Å². The Morgan fingerprint density at radius 3 is 2.37 bits per heavy atom. The van der Waals surface area contributed by atoms with Crippen LogP contribution in [0.3, 0.4) is 0 Å². The van der Waals surface area contributed by atoms with Gasteiger partial charge >= 0.3 is 18.3 Å². The van der Waals surface area contributed by atoms with Gasteiger partial charge in [-0.3, -0.25) is 0 Å². The molecule has 4 rings (SSSR count). The first-order valence-electron chi connectivity index (χ1n) is 14.4. The topological polar surface area (TPSA) is 102 Å². The molecular formula is C29H41F3N6O3. The highest BCUT2D eigenvalue weighted by Gasteiger charge is 2.29. The van der Waals surface area contributed by atoms with E-state index in [9.17, 15) is 18.0 Å². The molecule has 1 amide bonds. The first-order valence-corrected chi connectivity index (χ1v) is 14.4. The standard InChI is InChI=1S/C29H41F3N6O3/c1-3-19-40-28(39)38-17-9-7-5-4-6-8-15-34-26-35-25(36-27(37-26)41-21-29(30,31)32)20-23-11-13-24(14-12-23)22(2)33-16-10-18-38/h11-14,33H,2-10,15-21H2,1H3,(H,34,35,36,37). The van der Waals surface area contributed by atoms with E-state index in [1.807, 2.05) is 31.2 Å². The molecule has 0 saturated heterocycles. The third kappa shape index (κ3) is 12.2. The molecule has 1 aromatic carbocycles. The summed E-state index contributed by atoms with van der Waals surface area (Å²) in [5, 5.41) is 6.42. The van der Waals surface area contributed by atoms with Crippen LogP contribution in [0.25, 0.3) is 5.70 Å². The molecular weight excluding hydrogens is 537 g/mol. The van der Waals surface area contributed by atoms with E-state index >= 15 is 0 Å².